The van der Waals surface area contributed by atoms with Gasteiger partial charge in [-0.3, -0.25) is 0 Å². The van der Waals surface area contributed by atoms with Crippen LogP contribution in [0.3, 0.4) is 0 Å². The lowest BCUT2D eigenvalue weighted by Gasteiger charge is -2.20. The molecule has 0 bridgehead atoms. The second kappa shape index (κ2) is 8.09. The van der Waals surface area contributed by atoms with E-state index >= 15 is 0 Å². The number of aliphatic hydroxyl groups is 1. The number of hydrogen-bond donors (Lipinski definition) is 1. The Hall–Kier alpha value is -1.30. The van der Waals surface area contributed by atoms with Crippen molar-refractivity contribution in [1.29, 1.82) is 0 Å². The Morgan fingerprint density at radius 3 is 2.85 bits per heavy atom. The van der Waals surface area contributed by atoms with Crippen LogP contribution in [-0.4, -0.2) is 30.2 Å². The van der Waals surface area contributed by atoms with Gasteiger partial charge in [0.1, 0.15) is 0 Å². The average Bonchev–Trinajstić information content (AvgIpc) is 2.92. The minimum absolute atomic E-state index is 0.136. The molecule has 0 spiro atoms. The van der Waals surface area contributed by atoms with Gasteiger partial charge in [0.15, 0.2) is 0 Å². The smallest absolute Gasteiger partial charge is 0.0540 e. The van der Waals surface area contributed by atoms with E-state index in [1.807, 2.05) is 6.07 Å². The second-order valence-corrected chi connectivity index (χ2v) is 5.82. The molecule has 0 aliphatic heterocycles. The Balaban J connectivity index is 1.88. The molecule has 0 amide bonds. The molecule has 1 saturated carbocycles. The summed E-state index contributed by atoms with van der Waals surface area (Å²) in [5.74, 6) is 6.98. The first-order valence-electron chi connectivity index (χ1n) is 7.65. The van der Waals surface area contributed by atoms with Crippen molar-refractivity contribution in [2.45, 2.75) is 38.6 Å². The molecule has 2 rings (SSSR count). The van der Waals surface area contributed by atoms with Gasteiger partial charge in [-0.05, 0) is 43.5 Å². The van der Waals surface area contributed by atoms with E-state index in [0.29, 0.717) is 6.42 Å². The number of nitrogens with zero attached hydrogens (tertiary/aromatic N) is 1. The third-order valence-electron chi connectivity index (χ3n) is 3.89. The van der Waals surface area contributed by atoms with E-state index in [-0.39, 0.29) is 6.61 Å². The molecule has 2 heteroatoms. The van der Waals surface area contributed by atoms with Crippen LogP contribution in [0.2, 0.25) is 0 Å². The predicted octanol–water partition coefficient (Wildman–Crippen LogP) is 3.04. The fraction of sp³-hybridized carbons (Fsp3) is 0.556. The summed E-state index contributed by atoms with van der Waals surface area (Å²) in [5.41, 5.74) is 2.37. The lowest BCUT2D eigenvalue weighted by atomic mass is 10.1. The molecule has 0 aromatic heterocycles. The predicted molar refractivity (Wildman–Crippen MR) is 83.3 cm³/mol. The standard InChI is InChI=1S/C18H25NO/c1-19(14-17-8-2-3-9-17)15-18-11-6-10-16(13-18)7-4-5-12-20/h6,10-11,13,17,20H,2-3,5,8-9,12,14-15H2,1H3. The Morgan fingerprint density at radius 1 is 1.30 bits per heavy atom. The molecule has 0 unspecified atom stereocenters. The fourth-order valence-corrected chi connectivity index (χ4v) is 2.98. The van der Waals surface area contributed by atoms with Gasteiger partial charge < -0.3 is 10.0 Å². The van der Waals surface area contributed by atoms with Crippen molar-refractivity contribution in [3.63, 3.8) is 0 Å². The third-order valence-corrected chi connectivity index (χ3v) is 3.89. The number of hydrogen-bond acceptors (Lipinski definition) is 2. The van der Waals surface area contributed by atoms with Gasteiger partial charge in [0, 0.05) is 25.1 Å². The van der Waals surface area contributed by atoms with Crippen LogP contribution in [0.4, 0.5) is 0 Å². The van der Waals surface area contributed by atoms with Crippen molar-refractivity contribution in [2.75, 3.05) is 20.2 Å². The molecule has 108 valence electrons. The van der Waals surface area contributed by atoms with E-state index in [1.54, 1.807) is 0 Å². The Kier molecular flexibility index (Phi) is 6.11. The molecule has 1 N–H and O–H groups in total. The molecule has 0 atom stereocenters. The number of rotatable bonds is 5. The normalized spacial score (nSPS) is 15.3. The van der Waals surface area contributed by atoms with E-state index in [1.165, 1.54) is 37.8 Å². The van der Waals surface area contributed by atoms with Crippen LogP contribution >= 0.6 is 0 Å². The van der Waals surface area contributed by atoms with Crippen molar-refractivity contribution in [3.05, 3.63) is 35.4 Å². The van der Waals surface area contributed by atoms with Gasteiger partial charge in [0.25, 0.3) is 0 Å². The van der Waals surface area contributed by atoms with Gasteiger partial charge in [-0.25, -0.2) is 0 Å². The fourth-order valence-electron chi connectivity index (χ4n) is 2.98. The van der Waals surface area contributed by atoms with E-state index in [9.17, 15) is 0 Å². The zero-order valence-corrected chi connectivity index (χ0v) is 12.4. The van der Waals surface area contributed by atoms with Crippen LogP contribution in [0, 0.1) is 17.8 Å². The second-order valence-electron chi connectivity index (χ2n) is 5.82. The first-order valence-corrected chi connectivity index (χ1v) is 7.65. The van der Waals surface area contributed by atoms with E-state index < -0.39 is 0 Å². The van der Waals surface area contributed by atoms with E-state index in [2.05, 4.69) is 42.0 Å². The van der Waals surface area contributed by atoms with Crippen LogP contribution in [0.5, 0.6) is 0 Å². The molecule has 1 aromatic carbocycles. The lowest BCUT2D eigenvalue weighted by molar-refractivity contribution is 0.271. The summed E-state index contributed by atoms with van der Waals surface area (Å²) in [5, 5.41) is 8.74. The van der Waals surface area contributed by atoms with Gasteiger partial charge in [-0.2, -0.15) is 0 Å². The largest absolute Gasteiger partial charge is 0.395 e. The Morgan fingerprint density at radius 2 is 2.10 bits per heavy atom. The first kappa shape index (κ1) is 15.1. The molecule has 0 radical (unpaired) electrons. The highest BCUT2D eigenvalue weighted by Crippen LogP contribution is 2.25. The maximum absolute atomic E-state index is 8.74. The average molecular weight is 271 g/mol. The minimum Gasteiger partial charge on any atom is -0.395 e. The molecule has 1 aliphatic rings. The van der Waals surface area contributed by atoms with Crippen molar-refractivity contribution in [1.82, 2.24) is 4.90 Å². The third kappa shape index (κ3) is 5.00. The van der Waals surface area contributed by atoms with Gasteiger partial charge in [0.2, 0.25) is 0 Å². The highest BCUT2D eigenvalue weighted by molar-refractivity contribution is 5.37. The topological polar surface area (TPSA) is 23.5 Å². The van der Waals surface area contributed by atoms with Crippen LogP contribution < -0.4 is 0 Å². The van der Waals surface area contributed by atoms with Gasteiger partial charge in [0.05, 0.1) is 6.61 Å². The summed E-state index contributed by atoms with van der Waals surface area (Å²) < 4.78 is 0. The highest BCUT2D eigenvalue weighted by Gasteiger charge is 2.16. The molecular weight excluding hydrogens is 246 g/mol. The van der Waals surface area contributed by atoms with E-state index in [0.717, 1.165) is 18.0 Å². The highest BCUT2D eigenvalue weighted by atomic mass is 16.2. The Labute approximate surface area is 122 Å². The molecule has 1 aliphatic carbocycles. The van der Waals surface area contributed by atoms with E-state index in [4.69, 9.17) is 5.11 Å². The van der Waals surface area contributed by atoms with Crippen molar-refractivity contribution < 1.29 is 5.11 Å². The van der Waals surface area contributed by atoms with Crippen LogP contribution in [0.1, 0.15) is 43.2 Å². The zero-order chi connectivity index (χ0) is 14.2. The van der Waals surface area contributed by atoms with Crippen LogP contribution in [-0.2, 0) is 6.54 Å². The maximum atomic E-state index is 8.74. The molecule has 20 heavy (non-hydrogen) atoms. The van der Waals surface area contributed by atoms with Crippen LogP contribution in [0.25, 0.3) is 0 Å². The summed E-state index contributed by atoms with van der Waals surface area (Å²) in [6, 6.07) is 8.43. The number of benzene rings is 1. The molecule has 1 aromatic rings. The van der Waals surface area contributed by atoms with Crippen LogP contribution in [0.15, 0.2) is 24.3 Å². The first-order chi connectivity index (χ1) is 9.78. The van der Waals surface area contributed by atoms with Gasteiger partial charge in [-0.1, -0.05) is 36.8 Å². The zero-order valence-electron chi connectivity index (χ0n) is 12.4. The summed E-state index contributed by atoms with van der Waals surface area (Å²) >= 11 is 0. The summed E-state index contributed by atoms with van der Waals surface area (Å²) in [4.78, 5) is 2.43. The molecule has 2 nitrogen and oxygen atoms in total. The lowest BCUT2D eigenvalue weighted by Crippen LogP contribution is -2.24. The van der Waals surface area contributed by atoms with Gasteiger partial charge >= 0.3 is 0 Å². The quantitative estimate of drug-likeness (QED) is 0.832. The Bertz CT molecular complexity index is 466. The van der Waals surface area contributed by atoms with Crippen molar-refractivity contribution >= 4 is 0 Å². The number of aliphatic hydroxyl groups excluding tert-OH is 1. The minimum atomic E-state index is 0.136. The monoisotopic (exact) mass is 271 g/mol. The SMILES string of the molecule is CN(Cc1cccc(C#CCCO)c1)CC1CCCC1. The molecule has 1 fully saturated rings. The summed E-state index contributed by atoms with van der Waals surface area (Å²) in [7, 11) is 2.21. The van der Waals surface area contributed by atoms with Crippen molar-refractivity contribution in [2.24, 2.45) is 5.92 Å². The van der Waals surface area contributed by atoms with Crippen molar-refractivity contribution in [3.8, 4) is 11.8 Å². The molecule has 0 saturated heterocycles. The molecular formula is C18H25NO. The summed E-state index contributed by atoms with van der Waals surface area (Å²) in [6.45, 7) is 2.34. The summed E-state index contributed by atoms with van der Waals surface area (Å²) in [6.07, 6.45) is 6.17. The maximum Gasteiger partial charge on any atom is 0.0540 e. The molecule has 0 heterocycles. The van der Waals surface area contributed by atoms with Gasteiger partial charge in [-0.15, -0.1) is 0 Å².